The van der Waals surface area contributed by atoms with Crippen LogP contribution in [0.1, 0.15) is 27.5 Å². The number of rotatable bonds is 4. The normalized spacial score (nSPS) is 19.5. The second-order valence-electron chi connectivity index (χ2n) is 6.15. The van der Waals surface area contributed by atoms with Gasteiger partial charge >= 0.3 is 0 Å². The fourth-order valence-electron chi connectivity index (χ4n) is 3.29. The molecule has 0 bridgehead atoms. The Morgan fingerprint density at radius 2 is 2.04 bits per heavy atom. The molecule has 1 aliphatic heterocycles. The molecule has 6 heteroatoms. The van der Waals surface area contributed by atoms with Gasteiger partial charge in [0.1, 0.15) is 5.75 Å². The van der Waals surface area contributed by atoms with Crippen LogP contribution >= 0.6 is 23.6 Å². The van der Waals surface area contributed by atoms with E-state index in [0.29, 0.717) is 5.11 Å². The van der Waals surface area contributed by atoms with Gasteiger partial charge in [0.15, 0.2) is 5.11 Å². The Morgan fingerprint density at radius 1 is 1.15 bits per heavy atom. The third-order valence-corrected chi connectivity index (χ3v) is 5.87. The molecule has 4 nitrogen and oxygen atoms in total. The summed E-state index contributed by atoms with van der Waals surface area (Å²) in [6, 6.07) is 18.4. The summed E-state index contributed by atoms with van der Waals surface area (Å²) in [6.07, 6.45) is 1.82. The van der Waals surface area contributed by atoms with Crippen molar-refractivity contribution in [2.45, 2.75) is 19.0 Å². The standard InChI is InChI=1S/C20H19N3OS2/c1-13-9-10-17(26-13)19-18(16-8-3-4-11-21-16)22-20(25)23(19)14-6-5-7-15(12-14)24-2/h3-12,18-19H,1-2H3,(H,22,25). The van der Waals surface area contributed by atoms with Crippen LogP contribution in [0.15, 0.2) is 60.8 Å². The molecule has 1 saturated heterocycles. The maximum Gasteiger partial charge on any atom is 0.174 e. The van der Waals surface area contributed by atoms with Crippen LogP contribution in [0.4, 0.5) is 5.69 Å². The maximum absolute atomic E-state index is 5.71. The van der Waals surface area contributed by atoms with Gasteiger partial charge in [0.25, 0.3) is 0 Å². The molecule has 1 N–H and O–H groups in total. The Bertz CT molecular complexity index is 926. The fourth-order valence-corrected chi connectivity index (χ4v) is 4.65. The summed E-state index contributed by atoms with van der Waals surface area (Å²) in [5.41, 5.74) is 1.99. The Hall–Kier alpha value is -2.44. The summed E-state index contributed by atoms with van der Waals surface area (Å²) >= 11 is 7.51. The lowest BCUT2D eigenvalue weighted by molar-refractivity contribution is 0.415. The second kappa shape index (κ2) is 7.05. The minimum absolute atomic E-state index is 0.00653. The average Bonchev–Trinajstić information content (AvgIpc) is 3.25. The predicted molar refractivity (Wildman–Crippen MR) is 110 cm³/mol. The molecule has 1 aromatic carbocycles. The number of anilines is 1. The van der Waals surface area contributed by atoms with E-state index in [9.17, 15) is 0 Å². The number of thiocarbonyl (C=S) groups is 1. The summed E-state index contributed by atoms with van der Waals surface area (Å²) in [7, 11) is 1.68. The van der Waals surface area contributed by atoms with E-state index in [0.717, 1.165) is 17.1 Å². The average molecular weight is 382 g/mol. The largest absolute Gasteiger partial charge is 0.497 e. The zero-order valence-electron chi connectivity index (χ0n) is 14.5. The summed E-state index contributed by atoms with van der Waals surface area (Å²) in [4.78, 5) is 9.28. The van der Waals surface area contributed by atoms with E-state index in [1.165, 1.54) is 9.75 Å². The number of pyridine rings is 1. The number of methoxy groups -OCH3 is 1. The van der Waals surface area contributed by atoms with E-state index in [2.05, 4.69) is 40.3 Å². The van der Waals surface area contributed by atoms with Crippen LogP contribution in [0.2, 0.25) is 0 Å². The predicted octanol–water partition coefficient (Wildman–Crippen LogP) is 4.64. The Balaban J connectivity index is 1.82. The third kappa shape index (κ3) is 3.06. The molecule has 3 heterocycles. The van der Waals surface area contributed by atoms with Crippen molar-refractivity contribution in [1.82, 2.24) is 10.3 Å². The number of nitrogens with one attached hydrogen (secondary N) is 1. The topological polar surface area (TPSA) is 37.4 Å². The molecule has 132 valence electrons. The molecule has 0 spiro atoms. The van der Waals surface area contributed by atoms with Crippen LogP contribution in [0.25, 0.3) is 0 Å². The second-order valence-corrected chi connectivity index (χ2v) is 7.85. The smallest absolute Gasteiger partial charge is 0.174 e. The summed E-state index contributed by atoms with van der Waals surface area (Å²) in [5.74, 6) is 0.813. The van der Waals surface area contributed by atoms with E-state index < -0.39 is 0 Å². The number of aryl methyl sites for hydroxylation is 1. The van der Waals surface area contributed by atoms with Crippen LogP contribution in [0.5, 0.6) is 5.75 Å². The Kier molecular flexibility index (Phi) is 4.61. The van der Waals surface area contributed by atoms with Gasteiger partial charge in [-0.3, -0.25) is 4.98 Å². The zero-order valence-corrected chi connectivity index (χ0v) is 16.2. The fraction of sp³-hybridized carbons (Fsp3) is 0.200. The number of hydrogen-bond donors (Lipinski definition) is 1. The SMILES string of the molecule is COc1cccc(N2C(=S)NC(c3ccccn3)C2c2ccc(C)s2)c1. The van der Waals surface area contributed by atoms with Crippen LogP contribution in [-0.4, -0.2) is 17.2 Å². The number of benzene rings is 1. The van der Waals surface area contributed by atoms with E-state index in [4.69, 9.17) is 17.0 Å². The van der Waals surface area contributed by atoms with Crippen molar-refractivity contribution in [2.75, 3.05) is 12.0 Å². The molecule has 2 atom stereocenters. The Morgan fingerprint density at radius 3 is 2.73 bits per heavy atom. The summed E-state index contributed by atoms with van der Waals surface area (Å²) < 4.78 is 5.41. The van der Waals surface area contributed by atoms with Gasteiger partial charge in [-0.2, -0.15) is 0 Å². The van der Waals surface area contributed by atoms with Crippen LogP contribution < -0.4 is 15.0 Å². The van der Waals surface area contributed by atoms with Crippen LogP contribution in [0, 0.1) is 6.92 Å². The molecule has 26 heavy (non-hydrogen) atoms. The number of hydrogen-bond acceptors (Lipinski definition) is 4. The molecule has 1 fully saturated rings. The first kappa shape index (κ1) is 17.0. The van der Waals surface area contributed by atoms with E-state index >= 15 is 0 Å². The zero-order chi connectivity index (χ0) is 18.1. The number of nitrogens with zero attached hydrogens (tertiary/aromatic N) is 2. The number of aromatic nitrogens is 1. The molecule has 4 rings (SSSR count). The van der Waals surface area contributed by atoms with Gasteiger partial charge in [-0.1, -0.05) is 12.1 Å². The molecule has 0 saturated carbocycles. The molecule has 2 aromatic heterocycles. The maximum atomic E-state index is 5.71. The highest BCUT2D eigenvalue weighted by molar-refractivity contribution is 7.80. The van der Waals surface area contributed by atoms with Gasteiger partial charge in [-0.15, -0.1) is 11.3 Å². The van der Waals surface area contributed by atoms with Crippen LogP contribution in [0.3, 0.4) is 0 Å². The molecule has 1 aliphatic rings. The first-order valence-electron chi connectivity index (χ1n) is 8.38. The first-order valence-corrected chi connectivity index (χ1v) is 9.61. The van der Waals surface area contributed by atoms with Crippen LogP contribution in [-0.2, 0) is 0 Å². The third-order valence-electron chi connectivity index (χ3n) is 4.48. The van der Waals surface area contributed by atoms with Gasteiger partial charge in [0, 0.05) is 27.7 Å². The van der Waals surface area contributed by atoms with Gasteiger partial charge in [-0.05, 0) is 55.5 Å². The molecule has 0 radical (unpaired) electrons. The molecule has 0 aliphatic carbocycles. The highest BCUT2D eigenvalue weighted by atomic mass is 32.1. The Labute approximate surface area is 162 Å². The van der Waals surface area contributed by atoms with Crippen molar-refractivity contribution in [3.05, 3.63) is 76.2 Å². The van der Waals surface area contributed by atoms with E-state index in [1.54, 1.807) is 18.4 Å². The van der Waals surface area contributed by atoms with Crippen molar-refractivity contribution in [2.24, 2.45) is 0 Å². The van der Waals surface area contributed by atoms with E-state index in [1.807, 2.05) is 42.6 Å². The van der Waals surface area contributed by atoms with Gasteiger partial charge < -0.3 is 15.0 Å². The molecule has 0 amide bonds. The van der Waals surface area contributed by atoms with Crippen molar-refractivity contribution < 1.29 is 4.74 Å². The van der Waals surface area contributed by atoms with E-state index in [-0.39, 0.29) is 12.1 Å². The van der Waals surface area contributed by atoms with Gasteiger partial charge in [-0.25, -0.2) is 0 Å². The van der Waals surface area contributed by atoms with Crippen molar-refractivity contribution in [3.63, 3.8) is 0 Å². The quantitative estimate of drug-likeness (QED) is 0.667. The highest BCUT2D eigenvalue weighted by Gasteiger charge is 2.41. The molecule has 2 unspecified atom stereocenters. The summed E-state index contributed by atoms with van der Waals surface area (Å²) in [6.45, 7) is 2.13. The first-order chi connectivity index (χ1) is 12.7. The lowest BCUT2D eigenvalue weighted by Crippen LogP contribution is -2.29. The lowest BCUT2D eigenvalue weighted by atomic mass is 10.0. The van der Waals surface area contributed by atoms with Crippen molar-refractivity contribution >= 4 is 34.4 Å². The summed E-state index contributed by atoms with van der Waals surface area (Å²) in [5, 5.41) is 4.17. The van der Waals surface area contributed by atoms with Crippen molar-refractivity contribution in [3.8, 4) is 5.75 Å². The minimum Gasteiger partial charge on any atom is -0.497 e. The molecule has 3 aromatic rings. The van der Waals surface area contributed by atoms with Gasteiger partial charge in [0.05, 0.1) is 24.9 Å². The van der Waals surface area contributed by atoms with Crippen molar-refractivity contribution in [1.29, 1.82) is 0 Å². The minimum atomic E-state index is -0.00653. The number of thiophene rings is 1. The lowest BCUT2D eigenvalue weighted by Gasteiger charge is -2.27. The number of ether oxygens (including phenoxy) is 1. The molecular weight excluding hydrogens is 362 g/mol. The molecular formula is C20H19N3OS2. The van der Waals surface area contributed by atoms with Gasteiger partial charge in [0.2, 0.25) is 0 Å². The monoisotopic (exact) mass is 381 g/mol. The highest BCUT2D eigenvalue weighted by Crippen LogP contribution is 2.44.